The van der Waals surface area contributed by atoms with Crippen molar-refractivity contribution in [2.75, 3.05) is 6.61 Å². The summed E-state index contributed by atoms with van der Waals surface area (Å²) < 4.78 is 7.13. The molecule has 0 radical (unpaired) electrons. The van der Waals surface area contributed by atoms with Gasteiger partial charge in [0, 0.05) is 25.1 Å². The quantitative estimate of drug-likeness (QED) is 0.657. The molecule has 0 fully saturated rings. The molecule has 3 aromatic rings. The summed E-state index contributed by atoms with van der Waals surface area (Å²) in [5.41, 5.74) is 6.11. The van der Waals surface area contributed by atoms with Crippen LogP contribution in [0, 0.1) is 6.92 Å². The van der Waals surface area contributed by atoms with Gasteiger partial charge in [-0.15, -0.1) is 0 Å². The van der Waals surface area contributed by atoms with Gasteiger partial charge in [-0.1, -0.05) is 48.5 Å². The Hall–Kier alpha value is -3.61. The van der Waals surface area contributed by atoms with E-state index in [1.54, 1.807) is 17.9 Å². The number of carboxylic acid groups (broad SMARTS) is 1. The van der Waals surface area contributed by atoms with Crippen LogP contribution >= 0.6 is 0 Å². The number of alkyl carbamates (subject to hydrolysis) is 1. The van der Waals surface area contributed by atoms with Crippen LogP contribution in [0.15, 0.2) is 54.7 Å². The van der Waals surface area contributed by atoms with Crippen LogP contribution in [0.5, 0.6) is 0 Å². The number of fused-ring (bicyclic) bond motifs is 3. The highest BCUT2D eigenvalue weighted by atomic mass is 16.5. The van der Waals surface area contributed by atoms with Crippen LogP contribution in [-0.2, 0) is 23.0 Å². The molecule has 0 spiro atoms. The first-order valence-electron chi connectivity index (χ1n) is 9.77. The number of carbonyl (C=O) groups excluding carboxylic acids is 1. The maximum absolute atomic E-state index is 12.4. The molecule has 0 bridgehead atoms. The lowest BCUT2D eigenvalue weighted by molar-refractivity contribution is -0.139. The molecule has 7 nitrogen and oxygen atoms in total. The van der Waals surface area contributed by atoms with Crippen LogP contribution in [0.4, 0.5) is 4.79 Å². The molecule has 0 saturated carbocycles. The maximum atomic E-state index is 12.4. The Morgan fingerprint density at radius 1 is 1.13 bits per heavy atom. The Bertz CT molecular complexity index is 1060. The number of nitrogens with zero attached hydrogens (tertiary/aromatic N) is 2. The maximum Gasteiger partial charge on any atom is 0.407 e. The molecule has 1 atom stereocenters. The Labute approximate surface area is 174 Å². The lowest BCUT2D eigenvalue weighted by Gasteiger charge is -2.17. The van der Waals surface area contributed by atoms with Gasteiger partial charge in [-0.3, -0.25) is 4.68 Å². The van der Waals surface area contributed by atoms with Crippen molar-refractivity contribution in [3.05, 3.63) is 77.1 Å². The van der Waals surface area contributed by atoms with E-state index >= 15 is 0 Å². The third kappa shape index (κ3) is 3.66. The van der Waals surface area contributed by atoms with Crippen LogP contribution in [-0.4, -0.2) is 39.6 Å². The smallest absolute Gasteiger partial charge is 0.407 e. The number of carbonyl (C=O) groups is 2. The Balaban J connectivity index is 1.44. The third-order valence-electron chi connectivity index (χ3n) is 5.69. The van der Waals surface area contributed by atoms with Crippen LogP contribution in [0.3, 0.4) is 0 Å². The van der Waals surface area contributed by atoms with Gasteiger partial charge in [-0.25, -0.2) is 9.59 Å². The predicted molar refractivity (Wildman–Crippen MR) is 111 cm³/mol. The second kappa shape index (κ2) is 8.02. The van der Waals surface area contributed by atoms with Crippen LogP contribution in [0.1, 0.15) is 28.3 Å². The fraction of sp³-hybridized carbons (Fsp3) is 0.261. The highest BCUT2D eigenvalue weighted by molar-refractivity contribution is 5.81. The average Bonchev–Trinajstić information content (AvgIpc) is 3.23. The zero-order valence-corrected chi connectivity index (χ0v) is 16.8. The fourth-order valence-corrected chi connectivity index (χ4v) is 3.95. The number of hydrogen-bond donors (Lipinski definition) is 2. The second-order valence-corrected chi connectivity index (χ2v) is 7.44. The van der Waals surface area contributed by atoms with Crippen molar-refractivity contribution in [1.29, 1.82) is 0 Å². The zero-order chi connectivity index (χ0) is 21.3. The highest BCUT2D eigenvalue weighted by Crippen LogP contribution is 2.44. The molecule has 4 rings (SSSR count). The molecular formula is C23H23N3O4. The van der Waals surface area contributed by atoms with Crippen LogP contribution < -0.4 is 5.32 Å². The average molecular weight is 405 g/mol. The monoisotopic (exact) mass is 405 g/mol. The van der Waals surface area contributed by atoms with Gasteiger partial charge in [0.25, 0.3) is 0 Å². The van der Waals surface area contributed by atoms with E-state index in [1.165, 1.54) is 0 Å². The molecule has 0 aliphatic heterocycles. The number of ether oxygens (including phenoxy) is 1. The van der Waals surface area contributed by atoms with Crippen molar-refractivity contribution >= 4 is 12.1 Å². The molecule has 2 aromatic carbocycles. The lowest BCUT2D eigenvalue weighted by Crippen LogP contribution is -2.43. The van der Waals surface area contributed by atoms with E-state index < -0.39 is 18.1 Å². The number of hydrogen-bond acceptors (Lipinski definition) is 4. The van der Waals surface area contributed by atoms with Crippen LogP contribution in [0.25, 0.3) is 11.1 Å². The first-order chi connectivity index (χ1) is 14.5. The number of benzene rings is 2. The van der Waals surface area contributed by atoms with Crippen molar-refractivity contribution in [2.45, 2.75) is 25.3 Å². The predicted octanol–water partition coefficient (Wildman–Crippen LogP) is 3.26. The molecule has 2 N–H and O–H groups in total. The summed E-state index contributed by atoms with van der Waals surface area (Å²) in [5.74, 6) is -1.20. The minimum absolute atomic E-state index is 0.0769. The van der Waals surface area contributed by atoms with Gasteiger partial charge < -0.3 is 15.2 Å². The summed E-state index contributed by atoms with van der Waals surface area (Å²) in [4.78, 5) is 24.0. The van der Waals surface area contributed by atoms with E-state index in [2.05, 4.69) is 22.5 Å². The topological polar surface area (TPSA) is 93.4 Å². The van der Waals surface area contributed by atoms with Crippen molar-refractivity contribution in [2.24, 2.45) is 7.05 Å². The summed E-state index contributed by atoms with van der Waals surface area (Å²) >= 11 is 0. The molecule has 1 unspecified atom stereocenters. The first kappa shape index (κ1) is 19.7. The number of rotatable bonds is 6. The third-order valence-corrected chi connectivity index (χ3v) is 5.69. The molecule has 1 heterocycles. The van der Waals surface area contributed by atoms with Crippen LogP contribution in [0.2, 0.25) is 0 Å². The van der Waals surface area contributed by atoms with Gasteiger partial charge in [-0.05, 0) is 34.7 Å². The van der Waals surface area contributed by atoms with Crippen molar-refractivity contribution in [3.63, 3.8) is 0 Å². The Kier molecular flexibility index (Phi) is 5.27. The van der Waals surface area contributed by atoms with E-state index in [-0.39, 0.29) is 18.9 Å². The minimum atomic E-state index is -1.12. The van der Waals surface area contributed by atoms with Gasteiger partial charge >= 0.3 is 12.1 Å². The molecule has 0 saturated heterocycles. The van der Waals surface area contributed by atoms with E-state index in [1.807, 2.05) is 43.3 Å². The normalized spacial score (nSPS) is 13.4. The summed E-state index contributed by atoms with van der Waals surface area (Å²) in [6.45, 7) is 1.99. The molecule has 1 amide bonds. The fourth-order valence-electron chi connectivity index (χ4n) is 3.95. The largest absolute Gasteiger partial charge is 0.480 e. The minimum Gasteiger partial charge on any atom is -0.480 e. The van der Waals surface area contributed by atoms with Crippen molar-refractivity contribution in [1.82, 2.24) is 15.1 Å². The van der Waals surface area contributed by atoms with E-state index in [9.17, 15) is 14.7 Å². The zero-order valence-electron chi connectivity index (χ0n) is 16.8. The van der Waals surface area contributed by atoms with Gasteiger partial charge in [0.15, 0.2) is 0 Å². The van der Waals surface area contributed by atoms with E-state index in [4.69, 9.17) is 4.74 Å². The summed E-state index contributed by atoms with van der Waals surface area (Å²) in [6, 6.07) is 15.0. The van der Waals surface area contributed by atoms with Gasteiger partial charge in [0.2, 0.25) is 0 Å². The number of aromatic nitrogens is 2. The molecular weight excluding hydrogens is 382 g/mol. The van der Waals surface area contributed by atoms with Crippen molar-refractivity contribution < 1.29 is 19.4 Å². The number of nitrogens with one attached hydrogen (secondary N) is 1. The van der Waals surface area contributed by atoms with E-state index in [0.29, 0.717) is 0 Å². The Morgan fingerprint density at radius 2 is 1.73 bits per heavy atom. The number of aryl methyl sites for hydroxylation is 1. The van der Waals surface area contributed by atoms with E-state index in [0.717, 1.165) is 33.5 Å². The lowest BCUT2D eigenvalue weighted by atomic mass is 9.98. The summed E-state index contributed by atoms with van der Waals surface area (Å²) in [5, 5.41) is 16.1. The van der Waals surface area contributed by atoms with Gasteiger partial charge in [0.05, 0.1) is 6.20 Å². The molecule has 30 heavy (non-hydrogen) atoms. The number of amides is 1. The number of aliphatic carboxylic acids is 1. The van der Waals surface area contributed by atoms with Gasteiger partial charge in [0.1, 0.15) is 12.6 Å². The molecule has 154 valence electrons. The first-order valence-corrected chi connectivity index (χ1v) is 9.77. The van der Waals surface area contributed by atoms with Crippen molar-refractivity contribution in [3.8, 4) is 11.1 Å². The summed E-state index contributed by atoms with van der Waals surface area (Å²) in [6.07, 6.45) is 1.01. The molecule has 1 aliphatic rings. The second-order valence-electron chi connectivity index (χ2n) is 7.44. The molecule has 7 heteroatoms. The molecule has 1 aliphatic carbocycles. The summed E-state index contributed by atoms with van der Waals surface area (Å²) in [7, 11) is 1.79. The highest BCUT2D eigenvalue weighted by Gasteiger charge is 2.30. The van der Waals surface area contributed by atoms with Gasteiger partial charge in [-0.2, -0.15) is 5.10 Å². The SMILES string of the molecule is Cc1c(CC(NC(=O)OCC2c3ccccc3-c3ccccc32)C(=O)O)cnn1C. The standard InChI is InChI=1S/C23H23N3O4/c1-14-15(12-24-26(14)2)11-21(22(27)28)25-23(29)30-13-20-18-9-5-3-7-16(18)17-8-4-6-10-19(17)20/h3-10,12,20-21H,11,13H2,1-2H3,(H,25,29)(H,27,28). The Morgan fingerprint density at radius 3 is 2.27 bits per heavy atom. The molecule has 1 aromatic heterocycles. The number of carboxylic acids is 1.